The minimum Gasteiger partial charge on any atom is -0.352 e. The van der Waals surface area contributed by atoms with Crippen molar-refractivity contribution >= 4 is 23.4 Å². The molecule has 0 saturated carbocycles. The van der Waals surface area contributed by atoms with Gasteiger partial charge >= 0.3 is 0 Å². The van der Waals surface area contributed by atoms with Gasteiger partial charge in [0.2, 0.25) is 11.8 Å². The lowest BCUT2D eigenvalue weighted by Crippen LogP contribution is -2.33. The fraction of sp³-hybridized carbons (Fsp3) is 0.571. The smallest absolute Gasteiger partial charge is 0.251 e. The number of fused-ring (bicyclic) bond motifs is 1. The number of benzene rings is 1. The van der Waals surface area contributed by atoms with Crippen molar-refractivity contribution in [3.63, 3.8) is 0 Å². The van der Waals surface area contributed by atoms with Crippen molar-refractivity contribution < 1.29 is 19.6 Å². The van der Waals surface area contributed by atoms with Gasteiger partial charge in [0.1, 0.15) is 0 Å². The van der Waals surface area contributed by atoms with Gasteiger partial charge in [-0.2, -0.15) is 0 Å². The Morgan fingerprint density at radius 1 is 1.21 bits per heavy atom. The summed E-state index contributed by atoms with van der Waals surface area (Å²) in [6.07, 6.45) is 4.11. The minimum absolute atomic E-state index is 0.00204. The van der Waals surface area contributed by atoms with Crippen LogP contribution in [0.5, 0.6) is 0 Å². The second-order valence-electron chi connectivity index (χ2n) is 7.90. The first-order chi connectivity index (χ1) is 13.2. The lowest BCUT2D eigenvalue weighted by atomic mass is 9.77. The van der Waals surface area contributed by atoms with Gasteiger partial charge in [-0.15, -0.1) is 0 Å². The predicted octanol–water partition coefficient (Wildman–Crippen LogP) is 3.22. The van der Waals surface area contributed by atoms with E-state index in [0.29, 0.717) is 31.5 Å². The zero-order chi connectivity index (χ0) is 20.7. The number of hydroxylamine groups is 2. The van der Waals surface area contributed by atoms with Crippen LogP contribution in [-0.2, 0) is 15.0 Å². The molecule has 28 heavy (non-hydrogen) atoms. The molecule has 1 aromatic rings. The molecule has 0 radical (unpaired) electrons. The number of hydrogen-bond acceptors (Lipinski definition) is 4. The number of nitrogens with one attached hydrogen (secondary N) is 2. The second kappa shape index (κ2) is 9.68. The molecule has 7 nitrogen and oxygen atoms in total. The maximum absolute atomic E-state index is 12.4. The molecule has 1 aromatic carbocycles. The molecule has 154 valence electrons. The first kappa shape index (κ1) is 21.9. The van der Waals surface area contributed by atoms with Crippen LogP contribution in [0.2, 0.25) is 0 Å². The Kier molecular flexibility index (Phi) is 7.57. The highest BCUT2D eigenvalue weighted by atomic mass is 16.5. The first-order valence-corrected chi connectivity index (χ1v) is 9.96. The van der Waals surface area contributed by atoms with E-state index < -0.39 is 0 Å². The lowest BCUT2D eigenvalue weighted by Gasteiger charge is -2.32. The summed E-state index contributed by atoms with van der Waals surface area (Å²) < 4.78 is 0. The molecule has 0 bridgehead atoms. The Morgan fingerprint density at radius 3 is 2.64 bits per heavy atom. The molecule has 0 fully saturated rings. The third-order valence-electron chi connectivity index (χ3n) is 5.08. The van der Waals surface area contributed by atoms with E-state index in [1.165, 1.54) is 0 Å². The van der Waals surface area contributed by atoms with E-state index in [1.54, 1.807) is 19.1 Å². The molecule has 0 aliphatic carbocycles. The van der Waals surface area contributed by atoms with Crippen LogP contribution in [0.1, 0.15) is 75.2 Å². The zero-order valence-electron chi connectivity index (χ0n) is 17.0. The highest BCUT2D eigenvalue weighted by molar-refractivity contribution is 5.98. The van der Waals surface area contributed by atoms with Crippen molar-refractivity contribution in [3.8, 4) is 0 Å². The van der Waals surface area contributed by atoms with Crippen LogP contribution >= 0.6 is 0 Å². The number of amides is 3. The summed E-state index contributed by atoms with van der Waals surface area (Å²) in [5, 5.41) is 15.8. The van der Waals surface area contributed by atoms with Gasteiger partial charge in [-0.3, -0.25) is 19.6 Å². The van der Waals surface area contributed by atoms with Crippen molar-refractivity contribution in [1.82, 2.24) is 10.4 Å². The monoisotopic (exact) mass is 389 g/mol. The van der Waals surface area contributed by atoms with Crippen LogP contribution in [0.3, 0.4) is 0 Å². The van der Waals surface area contributed by atoms with Gasteiger partial charge in [0.05, 0.1) is 0 Å². The Morgan fingerprint density at radius 2 is 1.93 bits per heavy atom. The van der Waals surface area contributed by atoms with Crippen molar-refractivity contribution in [2.75, 3.05) is 18.4 Å². The molecule has 3 amide bonds. The molecule has 2 rings (SSSR count). The fourth-order valence-electron chi connectivity index (χ4n) is 3.41. The molecule has 0 unspecified atom stereocenters. The van der Waals surface area contributed by atoms with Crippen LogP contribution in [0.25, 0.3) is 0 Å². The van der Waals surface area contributed by atoms with Gasteiger partial charge < -0.3 is 10.6 Å². The summed E-state index contributed by atoms with van der Waals surface area (Å²) in [4.78, 5) is 35.7. The van der Waals surface area contributed by atoms with Crippen LogP contribution in [0, 0.1) is 0 Å². The standard InChI is InChI=1S/C21H31N3O4/c1-4-24(28)19(26)9-7-5-6-8-12-22-20(27)15-10-11-17-16(13-15)21(2,3)14-18(25)23-17/h10-11,13,28H,4-9,12,14H2,1-3H3,(H,22,27)(H,23,25). The molecule has 7 heteroatoms. The molecular weight excluding hydrogens is 358 g/mol. The van der Waals surface area contributed by atoms with Crippen molar-refractivity contribution in [3.05, 3.63) is 29.3 Å². The third kappa shape index (κ3) is 5.79. The van der Waals surface area contributed by atoms with E-state index in [1.807, 2.05) is 19.9 Å². The van der Waals surface area contributed by atoms with Crippen molar-refractivity contribution in [2.24, 2.45) is 0 Å². The number of nitrogens with zero attached hydrogens (tertiary/aromatic N) is 1. The van der Waals surface area contributed by atoms with Gasteiger partial charge in [0.25, 0.3) is 5.91 Å². The van der Waals surface area contributed by atoms with E-state index >= 15 is 0 Å². The number of unbranched alkanes of at least 4 members (excludes halogenated alkanes) is 3. The van der Waals surface area contributed by atoms with E-state index in [-0.39, 0.29) is 23.1 Å². The van der Waals surface area contributed by atoms with Gasteiger partial charge in [-0.1, -0.05) is 26.7 Å². The fourth-order valence-corrected chi connectivity index (χ4v) is 3.41. The van der Waals surface area contributed by atoms with Crippen LogP contribution < -0.4 is 10.6 Å². The molecular formula is C21H31N3O4. The summed E-state index contributed by atoms with van der Waals surface area (Å²) >= 11 is 0. The Balaban J connectivity index is 1.74. The average Bonchev–Trinajstić information content (AvgIpc) is 2.65. The topological polar surface area (TPSA) is 98.7 Å². The maximum atomic E-state index is 12.4. The molecule has 0 aromatic heterocycles. The molecule has 1 heterocycles. The number of hydrogen-bond donors (Lipinski definition) is 3. The predicted molar refractivity (Wildman–Crippen MR) is 107 cm³/mol. The molecule has 1 aliphatic heterocycles. The average molecular weight is 389 g/mol. The van der Waals surface area contributed by atoms with E-state index in [9.17, 15) is 19.6 Å². The van der Waals surface area contributed by atoms with Crippen LogP contribution in [-0.4, -0.2) is 41.1 Å². The van der Waals surface area contributed by atoms with Crippen molar-refractivity contribution in [2.45, 2.75) is 64.7 Å². The highest BCUT2D eigenvalue weighted by Crippen LogP contribution is 2.37. The summed E-state index contributed by atoms with van der Waals surface area (Å²) in [6, 6.07) is 5.39. The first-order valence-electron chi connectivity index (χ1n) is 9.96. The van der Waals surface area contributed by atoms with E-state index in [0.717, 1.165) is 42.0 Å². The van der Waals surface area contributed by atoms with Gasteiger partial charge in [-0.25, -0.2) is 5.06 Å². The summed E-state index contributed by atoms with van der Waals surface area (Å²) in [5.74, 6) is -0.371. The summed E-state index contributed by atoms with van der Waals surface area (Å²) in [5.41, 5.74) is 2.05. The molecule has 0 spiro atoms. The number of carbonyl (C=O) groups is 3. The summed E-state index contributed by atoms with van der Waals surface area (Å²) in [7, 11) is 0. The Hall–Kier alpha value is -2.41. The SMILES string of the molecule is CCN(O)C(=O)CCCCCCNC(=O)c1ccc2c(c1)C(C)(C)CC(=O)N2. The van der Waals surface area contributed by atoms with E-state index in [4.69, 9.17) is 0 Å². The van der Waals surface area contributed by atoms with Gasteiger partial charge in [0.15, 0.2) is 0 Å². The zero-order valence-corrected chi connectivity index (χ0v) is 17.0. The normalized spacial score (nSPS) is 14.8. The molecule has 0 atom stereocenters. The van der Waals surface area contributed by atoms with Crippen LogP contribution in [0.4, 0.5) is 5.69 Å². The maximum Gasteiger partial charge on any atom is 0.251 e. The Bertz CT molecular complexity index is 730. The molecule has 3 N–H and O–H groups in total. The molecule has 1 aliphatic rings. The van der Waals surface area contributed by atoms with Crippen molar-refractivity contribution in [1.29, 1.82) is 0 Å². The lowest BCUT2D eigenvalue weighted by molar-refractivity contribution is -0.164. The molecule has 0 saturated heterocycles. The minimum atomic E-state index is -0.298. The number of rotatable bonds is 9. The second-order valence-corrected chi connectivity index (χ2v) is 7.90. The number of carbonyl (C=O) groups excluding carboxylic acids is 3. The third-order valence-corrected chi connectivity index (χ3v) is 5.08. The largest absolute Gasteiger partial charge is 0.352 e. The highest BCUT2D eigenvalue weighted by Gasteiger charge is 2.32. The van der Waals surface area contributed by atoms with Gasteiger partial charge in [-0.05, 0) is 43.5 Å². The van der Waals surface area contributed by atoms with Crippen LogP contribution in [0.15, 0.2) is 18.2 Å². The van der Waals surface area contributed by atoms with Gasteiger partial charge in [0, 0.05) is 42.6 Å². The van der Waals surface area contributed by atoms with E-state index in [2.05, 4.69) is 10.6 Å². The number of anilines is 1. The summed E-state index contributed by atoms with van der Waals surface area (Å²) in [6.45, 7) is 6.61. The Labute approximate surface area is 166 Å². The quantitative estimate of drug-likeness (QED) is 0.343.